The molecule has 0 amide bonds. The molecule has 2 atom stereocenters. The number of nitrogens with zero attached hydrogens (tertiary/aromatic N) is 2. The van der Waals surface area contributed by atoms with Gasteiger partial charge < -0.3 is 9.47 Å². The summed E-state index contributed by atoms with van der Waals surface area (Å²) >= 11 is 0. The van der Waals surface area contributed by atoms with E-state index in [-0.39, 0.29) is 12.2 Å². The van der Waals surface area contributed by atoms with Crippen LogP contribution >= 0.6 is 0 Å². The monoisotopic (exact) mass is 326 g/mol. The van der Waals surface area contributed by atoms with E-state index in [1.165, 1.54) is 5.56 Å². The van der Waals surface area contributed by atoms with Gasteiger partial charge >= 0.3 is 0 Å². The molecule has 1 saturated heterocycles. The van der Waals surface area contributed by atoms with Crippen LogP contribution in [0.2, 0.25) is 0 Å². The molecule has 4 nitrogen and oxygen atoms in total. The standard InChI is InChI=1S/C20H26N2O2/c1-15(2)19-13-22(12-17-18(23-3)10-7-11-21-17)14-20(24-19)16-8-5-4-6-9-16/h4-11,15,19-20H,12-14H2,1-3H3/t19-,20+/m1/s1. The van der Waals surface area contributed by atoms with Gasteiger partial charge in [-0.3, -0.25) is 9.88 Å². The van der Waals surface area contributed by atoms with Gasteiger partial charge in [0.05, 0.1) is 25.0 Å². The molecule has 0 radical (unpaired) electrons. The Labute approximate surface area is 144 Å². The zero-order chi connectivity index (χ0) is 16.9. The highest BCUT2D eigenvalue weighted by molar-refractivity contribution is 5.27. The number of morpholine rings is 1. The average Bonchev–Trinajstić information content (AvgIpc) is 2.62. The Kier molecular flexibility index (Phi) is 5.48. The summed E-state index contributed by atoms with van der Waals surface area (Å²) in [6.07, 6.45) is 2.15. The van der Waals surface area contributed by atoms with Crippen molar-refractivity contribution in [3.8, 4) is 5.75 Å². The summed E-state index contributed by atoms with van der Waals surface area (Å²) in [6, 6.07) is 14.4. The summed E-state index contributed by atoms with van der Waals surface area (Å²) in [4.78, 5) is 6.93. The minimum absolute atomic E-state index is 0.0991. The normalized spacial score (nSPS) is 21.8. The Morgan fingerprint density at radius 1 is 1.17 bits per heavy atom. The van der Waals surface area contributed by atoms with Gasteiger partial charge in [-0.2, -0.15) is 0 Å². The van der Waals surface area contributed by atoms with Crippen molar-refractivity contribution in [2.24, 2.45) is 5.92 Å². The van der Waals surface area contributed by atoms with Crippen LogP contribution in [0, 0.1) is 5.92 Å². The molecular formula is C20H26N2O2. The van der Waals surface area contributed by atoms with E-state index in [0.29, 0.717) is 5.92 Å². The summed E-state index contributed by atoms with van der Waals surface area (Å²) in [7, 11) is 1.70. The largest absolute Gasteiger partial charge is 0.495 e. The number of benzene rings is 1. The molecule has 1 fully saturated rings. The first-order valence-electron chi connectivity index (χ1n) is 8.58. The Balaban J connectivity index is 1.79. The Morgan fingerprint density at radius 2 is 1.96 bits per heavy atom. The molecule has 0 spiro atoms. The molecule has 0 unspecified atom stereocenters. The topological polar surface area (TPSA) is 34.6 Å². The SMILES string of the molecule is COc1cccnc1CN1C[C@@H](c2ccccc2)O[C@@H](C(C)C)C1. The van der Waals surface area contributed by atoms with Crippen molar-refractivity contribution < 1.29 is 9.47 Å². The molecule has 4 heteroatoms. The van der Waals surface area contributed by atoms with Crippen LogP contribution in [0.5, 0.6) is 5.75 Å². The zero-order valence-electron chi connectivity index (χ0n) is 14.7. The van der Waals surface area contributed by atoms with E-state index in [9.17, 15) is 0 Å². The van der Waals surface area contributed by atoms with Gasteiger partial charge in [-0.1, -0.05) is 44.2 Å². The van der Waals surface area contributed by atoms with E-state index in [1.54, 1.807) is 7.11 Å². The van der Waals surface area contributed by atoms with Gasteiger partial charge in [0.2, 0.25) is 0 Å². The van der Waals surface area contributed by atoms with Crippen LogP contribution in [-0.4, -0.2) is 36.2 Å². The molecule has 0 saturated carbocycles. The number of hydrogen-bond acceptors (Lipinski definition) is 4. The van der Waals surface area contributed by atoms with Crippen LogP contribution in [0.1, 0.15) is 31.2 Å². The average molecular weight is 326 g/mol. The molecule has 0 aliphatic carbocycles. The van der Waals surface area contributed by atoms with E-state index < -0.39 is 0 Å². The lowest BCUT2D eigenvalue weighted by Gasteiger charge is -2.40. The Hall–Kier alpha value is -1.91. The fourth-order valence-corrected chi connectivity index (χ4v) is 3.15. The van der Waals surface area contributed by atoms with E-state index in [4.69, 9.17) is 9.47 Å². The first-order chi connectivity index (χ1) is 11.7. The van der Waals surface area contributed by atoms with Crippen molar-refractivity contribution in [3.63, 3.8) is 0 Å². The second-order valence-electron chi connectivity index (χ2n) is 6.66. The second kappa shape index (κ2) is 7.77. The van der Waals surface area contributed by atoms with Crippen LogP contribution in [-0.2, 0) is 11.3 Å². The molecule has 1 aliphatic rings. The molecule has 1 aromatic heterocycles. The van der Waals surface area contributed by atoms with Crippen molar-refractivity contribution in [1.82, 2.24) is 9.88 Å². The van der Waals surface area contributed by atoms with Gasteiger partial charge in [0, 0.05) is 25.8 Å². The molecule has 128 valence electrons. The molecule has 0 N–H and O–H groups in total. The highest BCUT2D eigenvalue weighted by Gasteiger charge is 2.31. The van der Waals surface area contributed by atoms with Crippen LogP contribution in [0.3, 0.4) is 0 Å². The molecule has 2 heterocycles. The molecule has 1 aromatic carbocycles. The predicted octanol–water partition coefficient (Wildman–Crippen LogP) is 3.69. The number of methoxy groups -OCH3 is 1. The van der Waals surface area contributed by atoms with E-state index >= 15 is 0 Å². The van der Waals surface area contributed by atoms with Crippen LogP contribution in [0.15, 0.2) is 48.7 Å². The minimum atomic E-state index is 0.0991. The minimum Gasteiger partial charge on any atom is -0.495 e. The fourth-order valence-electron chi connectivity index (χ4n) is 3.15. The molecule has 24 heavy (non-hydrogen) atoms. The summed E-state index contributed by atoms with van der Waals surface area (Å²) in [5.74, 6) is 1.32. The van der Waals surface area contributed by atoms with Crippen molar-refractivity contribution >= 4 is 0 Å². The molecule has 2 aromatic rings. The summed E-state index contributed by atoms with van der Waals surface area (Å²) in [5, 5.41) is 0. The van der Waals surface area contributed by atoms with Gasteiger partial charge in [-0.15, -0.1) is 0 Å². The molecule has 0 bridgehead atoms. The lowest BCUT2D eigenvalue weighted by molar-refractivity contribution is -0.108. The number of aromatic nitrogens is 1. The fraction of sp³-hybridized carbons (Fsp3) is 0.450. The van der Waals surface area contributed by atoms with Crippen molar-refractivity contribution in [1.29, 1.82) is 0 Å². The first kappa shape index (κ1) is 16.9. The van der Waals surface area contributed by atoms with Gasteiger partial charge in [-0.25, -0.2) is 0 Å². The quantitative estimate of drug-likeness (QED) is 0.839. The van der Waals surface area contributed by atoms with Gasteiger partial charge in [0.15, 0.2) is 0 Å². The highest BCUT2D eigenvalue weighted by Crippen LogP contribution is 2.29. The maximum atomic E-state index is 6.37. The number of rotatable bonds is 5. The smallest absolute Gasteiger partial charge is 0.141 e. The maximum absolute atomic E-state index is 6.37. The lowest BCUT2D eigenvalue weighted by Crippen LogP contribution is -2.45. The third kappa shape index (κ3) is 3.94. The Bertz CT molecular complexity index is 645. The van der Waals surface area contributed by atoms with Gasteiger partial charge in [-0.05, 0) is 23.6 Å². The predicted molar refractivity (Wildman–Crippen MR) is 95.0 cm³/mol. The van der Waals surface area contributed by atoms with Crippen molar-refractivity contribution in [2.75, 3.05) is 20.2 Å². The lowest BCUT2D eigenvalue weighted by atomic mass is 10.0. The van der Waals surface area contributed by atoms with Crippen LogP contribution in [0.25, 0.3) is 0 Å². The van der Waals surface area contributed by atoms with E-state index in [2.05, 4.69) is 48.0 Å². The van der Waals surface area contributed by atoms with E-state index in [0.717, 1.165) is 31.1 Å². The number of ether oxygens (including phenoxy) is 2. The Morgan fingerprint density at radius 3 is 2.67 bits per heavy atom. The third-order valence-electron chi connectivity index (χ3n) is 4.56. The zero-order valence-corrected chi connectivity index (χ0v) is 14.7. The van der Waals surface area contributed by atoms with Crippen molar-refractivity contribution in [3.05, 3.63) is 59.9 Å². The number of hydrogen-bond donors (Lipinski definition) is 0. The maximum Gasteiger partial charge on any atom is 0.141 e. The third-order valence-corrected chi connectivity index (χ3v) is 4.56. The summed E-state index contributed by atoms with van der Waals surface area (Å²) in [5.41, 5.74) is 2.22. The van der Waals surface area contributed by atoms with Crippen LogP contribution < -0.4 is 4.74 Å². The summed E-state index contributed by atoms with van der Waals surface area (Å²) in [6.45, 7) is 7.00. The second-order valence-corrected chi connectivity index (χ2v) is 6.66. The molecule has 3 rings (SSSR count). The van der Waals surface area contributed by atoms with Crippen LogP contribution in [0.4, 0.5) is 0 Å². The molecule has 1 aliphatic heterocycles. The molecular weight excluding hydrogens is 300 g/mol. The van der Waals surface area contributed by atoms with E-state index in [1.807, 2.05) is 24.4 Å². The van der Waals surface area contributed by atoms with Crippen molar-refractivity contribution in [2.45, 2.75) is 32.6 Å². The first-order valence-corrected chi connectivity index (χ1v) is 8.58. The van der Waals surface area contributed by atoms with Gasteiger partial charge in [0.25, 0.3) is 0 Å². The highest BCUT2D eigenvalue weighted by atomic mass is 16.5. The van der Waals surface area contributed by atoms with Gasteiger partial charge in [0.1, 0.15) is 5.75 Å². The summed E-state index contributed by atoms with van der Waals surface area (Å²) < 4.78 is 11.8. The number of pyridine rings is 1.